The van der Waals surface area contributed by atoms with Gasteiger partial charge >= 0.3 is 0 Å². The smallest absolute Gasteiger partial charge is 0.257 e. The lowest BCUT2D eigenvalue weighted by Crippen LogP contribution is -2.48. The number of likely N-dealkylation sites (tertiary alicyclic amines) is 2. The van der Waals surface area contributed by atoms with Crippen LogP contribution in [0, 0.1) is 5.41 Å². The first-order chi connectivity index (χ1) is 16.1. The molecule has 4 rings (SSSR count). The number of carbonyl (C=O) groups excluding carboxylic acids is 1. The molecule has 6 heteroatoms. The maximum absolute atomic E-state index is 13.2. The predicted octanol–water partition coefficient (Wildman–Crippen LogP) is 5.33. The first-order valence-corrected chi connectivity index (χ1v) is 13.2. The number of benzene rings is 2. The van der Waals surface area contributed by atoms with E-state index in [9.17, 15) is 4.79 Å². The van der Waals surface area contributed by atoms with Gasteiger partial charge in [0.05, 0.1) is 19.3 Å². The molecule has 0 N–H and O–H groups in total. The molecule has 33 heavy (non-hydrogen) atoms. The van der Waals surface area contributed by atoms with Crippen molar-refractivity contribution in [3.63, 3.8) is 0 Å². The molecule has 0 aliphatic carbocycles. The molecule has 2 heterocycles. The van der Waals surface area contributed by atoms with Gasteiger partial charge in [-0.1, -0.05) is 18.2 Å². The van der Waals surface area contributed by atoms with E-state index in [0.717, 1.165) is 56.2 Å². The average molecular weight is 469 g/mol. The van der Waals surface area contributed by atoms with Crippen LogP contribution in [0.15, 0.2) is 47.4 Å². The Kier molecular flexibility index (Phi) is 7.86. The second-order valence-corrected chi connectivity index (χ2v) is 10.1. The van der Waals surface area contributed by atoms with Crippen LogP contribution in [0.25, 0.3) is 0 Å². The molecule has 0 bridgehead atoms. The molecule has 2 fully saturated rings. The number of para-hydroxylation sites is 1. The molecule has 2 saturated heterocycles. The highest BCUT2D eigenvalue weighted by atomic mass is 32.2. The molecule has 0 aromatic heterocycles. The maximum atomic E-state index is 13.2. The van der Waals surface area contributed by atoms with Crippen LogP contribution >= 0.6 is 11.8 Å². The standard InChI is InChI=1S/C27H36N2O3S/c1-4-32-24-8-6-5-7-21(24)20-28-15-11-27(12-16-28)13-17-29(18-14-27)26(30)23-10-9-22(33-3)19-25(23)31-2/h5-10,19H,4,11-18,20H2,1-3H3. The van der Waals surface area contributed by atoms with Crippen LogP contribution < -0.4 is 9.47 Å². The molecule has 5 nitrogen and oxygen atoms in total. The van der Waals surface area contributed by atoms with E-state index in [2.05, 4.69) is 23.1 Å². The summed E-state index contributed by atoms with van der Waals surface area (Å²) in [7, 11) is 1.64. The third-order valence-corrected chi connectivity index (χ3v) is 8.06. The van der Waals surface area contributed by atoms with Crippen LogP contribution in [0.2, 0.25) is 0 Å². The molecule has 1 amide bonds. The number of hydrogen-bond acceptors (Lipinski definition) is 5. The van der Waals surface area contributed by atoms with Crippen LogP contribution in [-0.2, 0) is 6.54 Å². The van der Waals surface area contributed by atoms with Crippen molar-refractivity contribution >= 4 is 17.7 Å². The molecule has 2 aromatic rings. The average Bonchev–Trinajstić information content (AvgIpc) is 2.86. The molecule has 0 unspecified atom stereocenters. The third-order valence-electron chi connectivity index (χ3n) is 7.33. The highest BCUT2D eigenvalue weighted by molar-refractivity contribution is 7.98. The number of piperidine rings is 2. The fourth-order valence-corrected chi connectivity index (χ4v) is 5.62. The van der Waals surface area contributed by atoms with E-state index in [0.29, 0.717) is 23.3 Å². The molecule has 178 valence electrons. The number of rotatable bonds is 7. The second-order valence-electron chi connectivity index (χ2n) is 9.18. The number of nitrogens with zero attached hydrogens (tertiary/aromatic N) is 2. The molecule has 2 aliphatic rings. The van der Waals surface area contributed by atoms with Crippen LogP contribution in [0.4, 0.5) is 0 Å². The van der Waals surface area contributed by atoms with Gasteiger partial charge in [-0.3, -0.25) is 9.69 Å². The lowest BCUT2D eigenvalue weighted by atomic mass is 9.71. The summed E-state index contributed by atoms with van der Waals surface area (Å²) in [6, 6.07) is 14.3. The lowest BCUT2D eigenvalue weighted by molar-refractivity contribution is 0.0282. The normalized spacial score (nSPS) is 18.3. The van der Waals surface area contributed by atoms with Crippen molar-refractivity contribution < 1.29 is 14.3 Å². The van der Waals surface area contributed by atoms with Crippen molar-refractivity contribution in [3.05, 3.63) is 53.6 Å². The lowest BCUT2D eigenvalue weighted by Gasteiger charge is -2.47. The molecule has 2 aromatic carbocycles. The summed E-state index contributed by atoms with van der Waals surface area (Å²) in [5.74, 6) is 1.78. The predicted molar refractivity (Wildman–Crippen MR) is 134 cm³/mol. The van der Waals surface area contributed by atoms with Gasteiger partial charge in [0, 0.05) is 30.1 Å². The van der Waals surface area contributed by atoms with Crippen LogP contribution in [0.3, 0.4) is 0 Å². The van der Waals surface area contributed by atoms with Gasteiger partial charge in [-0.2, -0.15) is 0 Å². The van der Waals surface area contributed by atoms with Gasteiger partial charge in [0.15, 0.2) is 0 Å². The monoisotopic (exact) mass is 468 g/mol. The van der Waals surface area contributed by atoms with E-state index in [4.69, 9.17) is 9.47 Å². The van der Waals surface area contributed by atoms with Gasteiger partial charge in [0.2, 0.25) is 0 Å². The molecular weight excluding hydrogens is 432 g/mol. The van der Waals surface area contributed by atoms with Crippen molar-refractivity contribution in [2.24, 2.45) is 5.41 Å². The van der Waals surface area contributed by atoms with E-state index >= 15 is 0 Å². The number of carbonyl (C=O) groups is 1. The van der Waals surface area contributed by atoms with Gasteiger partial charge in [0.25, 0.3) is 5.91 Å². The summed E-state index contributed by atoms with van der Waals surface area (Å²) >= 11 is 1.66. The minimum atomic E-state index is 0.0966. The van der Waals surface area contributed by atoms with E-state index < -0.39 is 0 Å². The number of thioether (sulfide) groups is 1. The Morgan fingerprint density at radius 1 is 1.00 bits per heavy atom. The largest absolute Gasteiger partial charge is 0.496 e. The maximum Gasteiger partial charge on any atom is 0.257 e. The van der Waals surface area contributed by atoms with Crippen LogP contribution in [0.1, 0.15) is 48.5 Å². The molecule has 2 aliphatic heterocycles. The molecular formula is C27H36N2O3S. The first kappa shape index (κ1) is 24.0. The van der Waals surface area contributed by atoms with E-state index in [-0.39, 0.29) is 5.91 Å². The quantitative estimate of drug-likeness (QED) is 0.514. The fourth-order valence-electron chi connectivity index (χ4n) is 5.19. The van der Waals surface area contributed by atoms with E-state index in [1.807, 2.05) is 42.3 Å². The zero-order valence-corrected chi connectivity index (χ0v) is 21.0. The Morgan fingerprint density at radius 3 is 2.36 bits per heavy atom. The van der Waals surface area contributed by atoms with Crippen LogP contribution in [-0.4, -0.2) is 61.9 Å². The third kappa shape index (κ3) is 5.49. The van der Waals surface area contributed by atoms with Gasteiger partial charge in [-0.25, -0.2) is 0 Å². The number of methoxy groups -OCH3 is 1. The van der Waals surface area contributed by atoms with Crippen molar-refractivity contribution in [1.29, 1.82) is 0 Å². The van der Waals surface area contributed by atoms with E-state index in [1.54, 1.807) is 18.9 Å². The fraction of sp³-hybridized carbons (Fsp3) is 0.519. The minimum Gasteiger partial charge on any atom is -0.496 e. The summed E-state index contributed by atoms with van der Waals surface area (Å²) in [5.41, 5.74) is 2.32. The number of amides is 1. The molecule has 0 saturated carbocycles. The zero-order chi connectivity index (χ0) is 23.3. The first-order valence-electron chi connectivity index (χ1n) is 12.0. The molecule has 0 atom stereocenters. The Labute approximate surface area is 202 Å². The molecule has 1 spiro atoms. The van der Waals surface area contributed by atoms with Gasteiger partial charge in [0.1, 0.15) is 11.5 Å². The van der Waals surface area contributed by atoms with Crippen molar-refractivity contribution in [1.82, 2.24) is 9.80 Å². The highest BCUT2D eigenvalue weighted by Gasteiger charge is 2.39. The Hall–Kier alpha value is -2.18. The summed E-state index contributed by atoms with van der Waals surface area (Å²) < 4.78 is 11.3. The Bertz CT molecular complexity index is 946. The topological polar surface area (TPSA) is 42.0 Å². The van der Waals surface area contributed by atoms with Crippen molar-refractivity contribution in [3.8, 4) is 11.5 Å². The van der Waals surface area contributed by atoms with Crippen molar-refractivity contribution in [2.45, 2.75) is 44.0 Å². The number of hydrogen-bond donors (Lipinski definition) is 0. The van der Waals surface area contributed by atoms with Gasteiger partial charge in [-0.15, -0.1) is 11.8 Å². The second kappa shape index (κ2) is 10.8. The SMILES string of the molecule is CCOc1ccccc1CN1CCC2(CC1)CCN(C(=O)c1ccc(SC)cc1OC)CC2. The summed E-state index contributed by atoms with van der Waals surface area (Å²) in [6.07, 6.45) is 6.62. The minimum absolute atomic E-state index is 0.0966. The Morgan fingerprint density at radius 2 is 1.70 bits per heavy atom. The highest BCUT2D eigenvalue weighted by Crippen LogP contribution is 2.42. The van der Waals surface area contributed by atoms with Gasteiger partial charge < -0.3 is 14.4 Å². The van der Waals surface area contributed by atoms with Gasteiger partial charge in [-0.05, 0) is 81.6 Å². The summed E-state index contributed by atoms with van der Waals surface area (Å²) in [5, 5.41) is 0. The van der Waals surface area contributed by atoms with Crippen molar-refractivity contribution in [2.75, 3.05) is 46.2 Å². The summed E-state index contributed by atoms with van der Waals surface area (Å²) in [4.78, 5) is 18.9. The zero-order valence-electron chi connectivity index (χ0n) is 20.1. The Balaban J connectivity index is 1.32. The molecule has 0 radical (unpaired) electrons. The summed E-state index contributed by atoms with van der Waals surface area (Å²) in [6.45, 7) is 7.56. The van der Waals surface area contributed by atoms with Crippen LogP contribution in [0.5, 0.6) is 11.5 Å². The number of ether oxygens (including phenoxy) is 2. The van der Waals surface area contributed by atoms with E-state index in [1.165, 1.54) is 18.4 Å².